The smallest absolute Gasteiger partial charge is 0.100 e. The van der Waals surface area contributed by atoms with E-state index in [1.54, 1.807) is 0 Å². The molecule has 176 valence electrons. The number of hydrogen-bond acceptors (Lipinski definition) is 4. The maximum Gasteiger partial charge on any atom is 0.100 e. The average molecular weight is 440 g/mol. The molecule has 0 spiro atoms. The molecule has 1 aromatic carbocycles. The minimum absolute atomic E-state index is 0.00652. The van der Waals surface area contributed by atoms with E-state index in [2.05, 4.69) is 43.4 Å². The minimum atomic E-state index is 0.00652. The standard InChI is InChI=1S/C27H41N3O2/c1-7-9-10-12-20(3)30-26(8-2)25(17-22(5)32-21(4)15-16-28-6)27(29-30)24-14-11-13-23(18-24)19-31/h8,11,13-14,17-18,20-21,28,31H,2,7,9-10,12,15-16,19H2,1,3-6H3/b22-17+. The lowest BCUT2D eigenvalue weighted by Gasteiger charge is -2.16. The van der Waals surface area contributed by atoms with Crippen molar-refractivity contribution in [2.45, 2.75) is 78.6 Å². The van der Waals surface area contributed by atoms with Gasteiger partial charge in [-0.1, -0.05) is 51.0 Å². The average Bonchev–Trinajstić information content (AvgIpc) is 3.15. The molecule has 0 amide bonds. The third kappa shape index (κ3) is 7.07. The molecule has 0 aliphatic carbocycles. The van der Waals surface area contributed by atoms with Gasteiger partial charge in [-0.05, 0) is 71.0 Å². The molecule has 0 aliphatic heterocycles. The monoisotopic (exact) mass is 439 g/mol. The van der Waals surface area contributed by atoms with Crippen molar-refractivity contribution in [1.29, 1.82) is 0 Å². The molecular weight excluding hydrogens is 398 g/mol. The van der Waals surface area contributed by atoms with Gasteiger partial charge in [-0.15, -0.1) is 0 Å². The van der Waals surface area contributed by atoms with Gasteiger partial charge in [0.1, 0.15) is 5.69 Å². The number of nitrogens with one attached hydrogen (secondary N) is 1. The first kappa shape index (κ1) is 25.9. The van der Waals surface area contributed by atoms with E-state index in [1.807, 2.05) is 44.3 Å². The van der Waals surface area contributed by atoms with Gasteiger partial charge < -0.3 is 15.2 Å². The van der Waals surface area contributed by atoms with E-state index in [-0.39, 0.29) is 18.8 Å². The van der Waals surface area contributed by atoms with E-state index in [0.717, 1.165) is 53.2 Å². The highest BCUT2D eigenvalue weighted by atomic mass is 16.5. The molecule has 2 unspecified atom stereocenters. The predicted octanol–water partition coefficient (Wildman–Crippen LogP) is 6.20. The van der Waals surface area contributed by atoms with Crippen LogP contribution in [0.15, 0.2) is 36.6 Å². The summed E-state index contributed by atoms with van der Waals surface area (Å²) in [4.78, 5) is 0. The van der Waals surface area contributed by atoms with Crippen molar-refractivity contribution in [3.8, 4) is 11.3 Å². The van der Waals surface area contributed by atoms with Crippen LogP contribution in [-0.2, 0) is 11.3 Å². The maximum absolute atomic E-state index is 9.63. The summed E-state index contributed by atoms with van der Waals surface area (Å²) in [6.07, 6.45) is 9.72. The summed E-state index contributed by atoms with van der Waals surface area (Å²) in [6, 6.07) is 8.21. The van der Waals surface area contributed by atoms with E-state index in [9.17, 15) is 5.11 Å². The van der Waals surface area contributed by atoms with Crippen LogP contribution in [0.3, 0.4) is 0 Å². The zero-order chi connectivity index (χ0) is 23.5. The lowest BCUT2D eigenvalue weighted by Crippen LogP contribution is -2.16. The molecule has 32 heavy (non-hydrogen) atoms. The zero-order valence-electron chi connectivity index (χ0n) is 20.5. The van der Waals surface area contributed by atoms with Crippen LogP contribution < -0.4 is 5.32 Å². The number of unbranched alkanes of at least 4 members (excludes halogenated alkanes) is 2. The van der Waals surface area contributed by atoms with E-state index in [4.69, 9.17) is 9.84 Å². The Morgan fingerprint density at radius 3 is 2.72 bits per heavy atom. The number of ether oxygens (including phenoxy) is 1. The Morgan fingerprint density at radius 1 is 1.28 bits per heavy atom. The Hall–Kier alpha value is -2.37. The highest BCUT2D eigenvalue weighted by Crippen LogP contribution is 2.32. The number of allylic oxidation sites excluding steroid dienone is 1. The van der Waals surface area contributed by atoms with Crippen LogP contribution >= 0.6 is 0 Å². The topological polar surface area (TPSA) is 59.3 Å². The molecule has 0 bridgehead atoms. The first-order valence-electron chi connectivity index (χ1n) is 11.9. The molecule has 5 nitrogen and oxygen atoms in total. The second-order valence-electron chi connectivity index (χ2n) is 8.58. The number of rotatable bonds is 14. The molecule has 1 heterocycles. The Labute approximate surface area is 194 Å². The SMILES string of the molecule is C=Cc1c(/C=C(\C)OC(C)CCNC)c(-c2cccc(CO)c2)nn1C(C)CCCCC. The van der Waals surface area contributed by atoms with Crippen molar-refractivity contribution in [2.24, 2.45) is 0 Å². The third-order valence-electron chi connectivity index (χ3n) is 5.74. The molecule has 2 rings (SSSR count). The largest absolute Gasteiger partial charge is 0.495 e. The van der Waals surface area contributed by atoms with Crippen LogP contribution in [0.4, 0.5) is 0 Å². The number of aliphatic hydroxyl groups is 1. The fourth-order valence-electron chi connectivity index (χ4n) is 3.95. The summed E-state index contributed by atoms with van der Waals surface area (Å²) in [5, 5.41) is 17.8. The summed E-state index contributed by atoms with van der Waals surface area (Å²) >= 11 is 0. The Balaban J connectivity index is 2.50. The Bertz CT molecular complexity index is 885. The van der Waals surface area contributed by atoms with E-state index in [1.165, 1.54) is 19.3 Å². The third-order valence-corrected chi connectivity index (χ3v) is 5.74. The summed E-state index contributed by atoms with van der Waals surface area (Å²) < 4.78 is 8.25. The first-order chi connectivity index (χ1) is 15.4. The summed E-state index contributed by atoms with van der Waals surface area (Å²) in [5.74, 6) is 0.856. The molecule has 0 saturated heterocycles. The van der Waals surface area contributed by atoms with Crippen LogP contribution in [0.2, 0.25) is 0 Å². The molecule has 2 aromatic rings. The van der Waals surface area contributed by atoms with E-state index >= 15 is 0 Å². The Morgan fingerprint density at radius 2 is 2.06 bits per heavy atom. The van der Waals surface area contributed by atoms with Gasteiger partial charge in [-0.2, -0.15) is 5.10 Å². The van der Waals surface area contributed by atoms with Gasteiger partial charge in [0.15, 0.2) is 0 Å². The van der Waals surface area contributed by atoms with Gasteiger partial charge in [0.2, 0.25) is 0 Å². The predicted molar refractivity (Wildman–Crippen MR) is 135 cm³/mol. The van der Waals surface area contributed by atoms with Crippen molar-refractivity contribution in [1.82, 2.24) is 15.1 Å². The number of hydrogen-bond donors (Lipinski definition) is 2. The fraction of sp³-hybridized carbons (Fsp3) is 0.519. The highest BCUT2D eigenvalue weighted by molar-refractivity contribution is 5.78. The number of aromatic nitrogens is 2. The normalized spacial score (nSPS) is 13.8. The molecule has 0 aliphatic rings. The fourth-order valence-corrected chi connectivity index (χ4v) is 3.95. The van der Waals surface area contributed by atoms with Crippen LogP contribution in [0, 0.1) is 0 Å². The molecule has 0 fully saturated rings. The van der Waals surface area contributed by atoms with Crippen molar-refractivity contribution >= 4 is 12.2 Å². The van der Waals surface area contributed by atoms with Crippen molar-refractivity contribution < 1.29 is 9.84 Å². The summed E-state index contributed by atoms with van der Waals surface area (Å²) in [5.41, 5.74) is 4.77. The molecule has 0 saturated carbocycles. The van der Waals surface area contributed by atoms with E-state index in [0.29, 0.717) is 0 Å². The summed E-state index contributed by atoms with van der Waals surface area (Å²) in [6.45, 7) is 13.6. The lowest BCUT2D eigenvalue weighted by atomic mass is 10.0. The Kier molecular flexibility index (Phi) is 10.7. The molecule has 0 radical (unpaired) electrons. The van der Waals surface area contributed by atoms with Gasteiger partial charge in [-0.3, -0.25) is 4.68 Å². The van der Waals surface area contributed by atoms with Crippen LogP contribution in [0.5, 0.6) is 0 Å². The van der Waals surface area contributed by atoms with Crippen LogP contribution in [-0.4, -0.2) is 34.6 Å². The number of nitrogens with zero attached hydrogens (tertiary/aromatic N) is 2. The first-order valence-corrected chi connectivity index (χ1v) is 11.9. The number of benzene rings is 1. The molecule has 2 atom stereocenters. The lowest BCUT2D eigenvalue weighted by molar-refractivity contribution is 0.128. The van der Waals surface area contributed by atoms with Crippen LogP contribution in [0.1, 0.15) is 82.7 Å². The van der Waals surface area contributed by atoms with Gasteiger partial charge in [-0.25, -0.2) is 0 Å². The second kappa shape index (κ2) is 13.2. The summed E-state index contributed by atoms with van der Waals surface area (Å²) in [7, 11) is 1.95. The van der Waals surface area contributed by atoms with Crippen molar-refractivity contribution in [3.63, 3.8) is 0 Å². The van der Waals surface area contributed by atoms with Crippen LogP contribution in [0.25, 0.3) is 23.4 Å². The van der Waals surface area contributed by atoms with Gasteiger partial charge in [0, 0.05) is 17.2 Å². The second-order valence-corrected chi connectivity index (χ2v) is 8.58. The highest BCUT2D eigenvalue weighted by Gasteiger charge is 2.20. The molecule has 1 aromatic heterocycles. The van der Waals surface area contributed by atoms with E-state index < -0.39 is 0 Å². The number of aliphatic hydroxyl groups excluding tert-OH is 1. The van der Waals surface area contributed by atoms with Gasteiger partial charge >= 0.3 is 0 Å². The zero-order valence-corrected chi connectivity index (χ0v) is 20.5. The molecule has 5 heteroatoms. The quantitative estimate of drug-likeness (QED) is 0.272. The maximum atomic E-state index is 9.63. The minimum Gasteiger partial charge on any atom is -0.495 e. The van der Waals surface area contributed by atoms with Gasteiger partial charge in [0.25, 0.3) is 0 Å². The van der Waals surface area contributed by atoms with Gasteiger partial charge in [0.05, 0.1) is 24.2 Å². The van der Waals surface area contributed by atoms with Crippen molar-refractivity contribution in [2.75, 3.05) is 13.6 Å². The van der Waals surface area contributed by atoms with Crippen molar-refractivity contribution in [3.05, 3.63) is 53.4 Å². The molecule has 2 N–H and O–H groups in total. The molecular formula is C27H41N3O2.